The first kappa shape index (κ1) is 22.9. The molecule has 1 aliphatic rings. The Kier molecular flexibility index (Phi) is 11.1. The number of hydrogen-bond donors (Lipinski definition) is 2. The molecule has 1 amide bonds. The van der Waals surface area contributed by atoms with Crippen molar-refractivity contribution in [2.45, 2.75) is 40.0 Å². The van der Waals surface area contributed by atoms with Crippen LogP contribution in [0.2, 0.25) is 0 Å². The quantitative estimate of drug-likeness (QED) is 0.815. The zero-order valence-corrected chi connectivity index (χ0v) is 17.2. The van der Waals surface area contributed by atoms with Gasteiger partial charge >= 0.3 is 0 Å². The summed E-state index contributed by atoms with van der Waals surface area (Å²) < 4.78 is 0. The van der Waals surface area contributed by atoms with Crippen LogP contribution in [0.5, 0.6) is 0 Å². The number of rotatable bonds is 5. The highest BCUT2D eigenvalue weighted by molar-refractivity contribution is 5.80. The normalized spacial score (nSPS) is 17.5. The van der Waals surface area contributed by atoms with Crippen molar-refractivity contribution in [2.24, 2.45) is 17.8 Å². The number of nitrogens with one attached hydrogen (secondary N) is 1. The van der Waals surface area contributed by atoms with E-state index in [0.717, 1.165) is 32.9 Å². The van der Waals surface area contributed by atoms with Gasteiger partial charge in [-0.3, -0.25) is 4.79 Å². The van der Waals surface area contributed by atoms with Crippen LogP contribution in [0.25, 0.3) is 0 Å². The second-order valence-electron chi connectivity index (χ2n) is 7.05. The van der Waals surface area contributed by atoms with Gasteiger partial charge in [0.2, 0.25) is 5.91 Å². The molecule has 0 aromatic heterocycles. The third kappa shape index (κ3) is 7.96. The zero-order chi connectivity index (χ0) is 20.1. The van der Waals surface area contributed by atoms with Gasteiger partial charge in [0, 0.05) is 19.6 Å². The number of carbonyl (C=O) groups is 1. The molecule has 148 valence electrons. The van der Waals surface area contributed by atoms with E-state index in [2.05, 4.69) is 74.6 Å². The maximum absolute atomic E-state index is 11.7. The largest absolute Gasteiger partial charge is 0.400 e. The average molecular weight is 370 g/mol. The predicted molar refractivity (Wildman–Crippen MR) is 114 cm³/mol. The molecule has 2 aromatic carbocycles. The maximum atomic E-state index is 11.7. The lowest BCUT2D eigenvalue weighted by Crippen LogP contribution is -2.27. The molecule has 1 fully saturated rings. The molecule has 0 radical (unpaired) electrons. The second-order valence-corrected chi connectivity index (χ2v) is 7.05. The van der Waals surface area contributed by atoms with Gasteiger partial charge in [0.15, 0.2) is 0 Å². The number of benzene rings is 2. The van der Waals surface area contributed by atoms with Crippen LogP contribution >= 0.6 is 0 Å². The van der Waals surface area contributed by atoms with Crippen LogP contribution in [-0.4, -0.2) is 24.7 Å². The Balaban J connectivity index is 0.000000305. The third-order valence-electron chi connectivity index (χ3n) is 5.28. The van der Waals surface area contributed by atoms with Crippen molar-refractivity contribution < 1.29 is 9.90 Å². The molecular weight excluding hydrogens is 334 g/mol. The van der Waals surface area contributed by atoms with Crippen LogP contribution in [0.1, 0.15) is 38.3 Å². The lowest BCUT2D eigenvalue weighted by atomic mass is 9.80. The molecule has 0 spiro atoms. The summed E-state index contributed by atoms with van der Waals surface area (Å²) in [6, 6.07) is 21.0. The molecule has 1 aliphatic heterocycles. The fourth-order valence-corrected chi connectivity index (χ4v) is 3.40. The Morgan fingerprint density at radius 3 is 1.89 bits per heavy atom. The van der Waals surface area contributed by atoms with Gasteiger partial charge < -0.3 is 10.4 Å². The Bertz CT molecular complexity index is 627. The molecule has 0 aliphatic carbocycles. The minimum Gasteiger partial charge on any atom is -0.400 e. The minimum absolute atomic E-state index is 0.216. The summed E-state index contributed by atoms with van der Waals surface area (Å²) in [7, 11) is 1.00. The Hall–Kier alpha value is -2.13. The number of aliphatic hydroxyl groups excluding tert-OH is 1. The van der Waals surface area contributed by atoms with Crippen molar-refractivity contribution in [3.05, 3.63) is 71.8 Å². The summed E-state index contributed by atoms with van der Waals surface area (Å²) in [5.41, 5.74) is 2.78. The van der Waals surface area contributed by atoms with Gasteiger partial charge in [-0.25, -0.2) is 0 Å². The van der Waals surface area contributed by atoms with E-state index in [1.165, 1.54) is 11.1 Å². The van der Waals surface area contributed by atoms with Crippen molar-refractivity contribution in [3.63, 3.8) is 0 Å². The molecule has 2 aromatic rings. The highest BCUT2D eigenvalue weighted by Crippen LogP contribution is 2.28. The highest BCUT2D eigenvalue weighted by atomic mass is 16.2. The fourth-order valence-electron chi connectivity index (χ4n) is 3.40. The van der Waals surface area contributed by atoms with E-state index in [9.17, 15) is 4.79 Å². The molecule has 27 heavy (non-hydrogen) atoms. The molecule has 1 saturated heterocycles. The van der Waals surface area contributed by atoms with Crippen LogP contribution in [0.3, 0.4) is 0 Å². The fraction of sp³-hybridized carbons (Fsp3) is 0.458. The zero-order valence-electron chi connectivity index (χ0n) is 17.2. The Labute approximate surface area is 164 Å². The van der Waals surface area contributed by atoms with E-state index >= 15 is 0 Å². The van der Waals surface area contributed by atoms with Crippen LogP contribution in [-0.2, 0) is 17.6 Å². The van der Waals surface area contributed by atoms with Gasteiger partial charge in [-0.05, 0) is 42.2 Å². The number of hydrogen-bond acceptors (Lipinski definition) is 2. The maximum Gasteiger partial charge on any atom is 0.223 e. The lowest BCUT2D eigenvalue weighted by Gasteiger charge is -2.24. The minimum atomic E-state index is 0.216. The van der Waals surface area contributed by atoms with Gasteiger partial charge in [0.25, 0.3) is 0 Å². The number of aliphatic hydroxyl groups is 1. The van der Waals surface area contributed by atoms with Crippen molar-refractivity contribution in [3.8, 4) is 0 Å². The second kappa shape index (κ2) is 13.1. The summed E-state index contributed by atoms with van der Waals surface area (Å²) in [5, 5.41) is 9.93. The van der Waals surface area contributed by atoms with Crippen molar-refractivity contribution in [2.75, 3.05) is 13.7 Å². The van der Waals surface area contributed by atoms with Gasteiger partial charge in [0.1, 0.15) is 0 Å². The smallest absolute Gasteiger partial charge is 0.223 e. The monoisotopic (exact) mass is 369 g/mol. The standard InChI is InChI=1S/C15H21NO.C8H10.CH4O/c1-11(10-13-6-4-3-5-7-13)12(2)14-8-9-16-15(14)17;1-2-8-6-4-3-5-7-8;1-2/h3-7,11-12,14H,8-10H2,1-2H3,(H,16,17);3-7H,2H2,1H3;2H,1H3/t11?,12-,14?;;/m0../s1. The first-order valence-electron chi connectivity index (χ1n) is 9.92. The van der Waals surface area contributed by atoms with Gasteiger partial charge in [-0.1, -0.05) is 81.4 Å². The average Bonchev–Trinajstić information content (AvgIpc) is 3.16. The summed E-state index contributed by atoms with van der Waals surface area (Å²) in [6.07, 6.45) is 3.20. The SMILES string of the molecule is CC(Cc1ccccc1)[C@H](C)C1CCNC1=O.CCc1ccccc1.CO. The van der Waals surface area contributed by atoms with Gasteiger partial charge in [-0.2, -0.15) is 0 Å². The molecule has 1 heterocycles. The molecule has 3 atom stereocenters. The molecule has 0 bridgehead atoms. The molecule has 2 N–H and O–H groups in total. The first-order valence-corrected chi connectivity index (χ1v) is 9.92. The van der Waals surface area contributed by atoms with Crippen LogP contribution in [0, 0.1) is 17.8 Å². The van der Waals surface area contributed by atoms with E-state index in [1.54, 1.807) is 0 Å². The highest BCUT2D eigenvalue weighted by Gasteiger charge is 2.32. The van der Waals surface area contributed by atoms with E-state index in [1.807, 2.05) is 12.1 Å². The van der Waals surface area contributed by atoms with E-state index < -0.39 is 0 Å². The Morgan fingerprint density at radius 1 is 0.963 bits per heavy atom. The van der Waals surface area contributed by atoms with E-state index in [0.29, 0.717) is 11.8 Å². The molecule has 3 nitrogen and oxygen atoms in total. The molecule has 3 heteroatoms. The lowest BCUT2D eigenvalue weighted by molar-refractivity contribution is -0.124. The van der Waals surface area contributed by atoms with Crippen molar-refractivity contribution in [1.82, 2.24) is 5.32 Å². The van der Waals surface area contributed by atoms with Crippen LogP contribution < -0.4 is 5.32 Å². The summed E-state index contributed by atoms with van der Waals surface area (Å²) >= 11 is 0. The van der Waals surface area contributed by atoms with Crippen molar-refractivity contribution in [1.29, 1.82) is 0 Å². The van der Waals surface area contributed by atoms with E-state index in [-0.39, 0.29) is 11.8 Å². The summed E-state index contributed by atoms with van der Waals surface area (Å²) in [6.45, 7) is 7.48. The third-order valence-corrected chi connectivity index (χ3v) is 5.28. The van der Waals surface area contributed by atoms with Gasteiger partial charge in [0.05, 0.1) is 0 Å². The summed E-state index contributed by atoms with van der Waals surface area (Å²) in [4.78, 5) is 11.7. The van der Waals surface area contributed by atoms with E-state index in [4.69, 9.17) is 5.11 Å². The number of carbonyl (C=O) groups excluding carboxylic acids is 1. The van der Waals surface area contributed by atoms with Crippen molar-refractivity contribution >= 4 is 5.91 Å². The van der Waals surface area contributed by atoms with Crippen LogP contribution in [0.4, 0.5) is 0 Å². The van der Waals surface area contributed by atoms with Crippen LogP contribution in [0.15, 0.2) is 60.7 Å². The molecule has 3 rings (SSSR count). The number of aryl methyl sites for hydroxylation is 1. The van der Waals surface area contributed by atoms with Gasteiger partial charge in [-0.15, -0.1) is 0 Å². The molecule has 0 saturated carbocycles. The predicted octanol–water partition coefficient (Wildman–Crippen LogP) is 4.49. The topological polar surface area (TPSA) is 49.3 Å². The summed E-state index contributed by atoms with van der Waals surface area (Å²) in [5.74, 6) is 1.47. The first-order chi connectivity index (χ1) is 13.1. The number of amides is 1. The molecule has 2 unspecified atom stereocenters. The molecular formula is C24H35NO2. The Morgan fingerprint density at radius 2 is 1.48 bits per heavy atom.